The van der Waals surface area contributed by atoms with Crippen LogP contribution in [0.25, 0.3) is 21.2 Å². The SMILES string of the molecule is C[C@@H]1CCc2c(sc3ncnc(Oc4ccc5ccc(=O)oc5c4)c23)C1. The van der Waals surface area contributed by atoms with Gasteiger partial charge in [-0.15, -0.1) is 11.3 Å². The molecule has 6 heteroatoms. The maximum atomic E-state index is 11.5. The smallest absolute Gasteiger partial charge is 0.336 e. The highest BCUT2D eigenvalue weighted by Gasteiger charge is 2.23. The Kier molecular flexibility index (Phi) is 3.53. The molecule has 4 aromatic rings. The molecule has 0 bridgehead atoms. The number of rotatable bonds is 2. The minimum absolute atomic E-state index is 0.375. The van der Waals surface area contributed by atoms with Crippen LogP contribution in [0.15, 0.2) is 45.9 Å². The van der Waals surface area contributed by atoms with Crippen LogP contribution in [0.4, 0.5) is 0 Å². The Labute approximate surface area is 153 Å². The first kappa shape index (κ1) is 15.5. The number of fused-ring (bicyclic) bond motifs is 4. The van der Waals surface area contributed by atoms with Crippen molar-refractivity contribution in [2.75, 3.05) is 0 Å². The van der Waals surface area contributed by atoms with Crippen LogP contribution >= 0.6 is 11.3 Å². The van der Waals surface area contributed by atoms with Crippen LogP contribution in [0.5, 0.6) is 11.6 Å². The number of hydrogen-bond donors (Lipinski definition) is 0. The van der Waals surface area contributed by atoms with E-state index in [4.69, 9.17) is 9.15 Å². The average Bonchev–Trinajstić information content (AvgIpc) is 2.99. The zero-order valence-corrected chi connectivity index (χ0v) is 15.0. The maximum Gasteiger partial charge on any atom is 0.336 e. The molecule has 0 N–H and O–H groups in total. The molecule has 0 saturated heterocycles. The molecule has 0 saturated carbocycles. The van der Waals surface area contributed by atoms with Crippen LogP contribution in [-0.4, -0.2) is 9.97 Å². The summed E-state index contributed by atoms with van der Waals surface area (Å²) in [6.07, 6.45) is 4.85. The lowest BCUT2D eigenvalue weighted by molar-refractivity contribution is 0.464. The first-order valence-corrected chi connectivity index (χ1v) is 9.46. The molecule has 1 aliphatic rings. The largest absolute Gasteiger partial charge is 0.438 e. The lowest BCUT2D eigenvalue weighted by Crippen LogP contribution is -2.08. The fourth-order valence-corrected chi connectivity index (χ4v) is 4.88. The number of thiophene rings is 1. The molecule has 0 fully saturated rings. The van der Waals surface area contributed by atoms with Crippen LogP contribution in [0.2, 0.25) is 0 Å². The van der Waals surface area contributed by atoms with Crippen molar-refractivity contribution < 1.29 is 9.15 Å². The van der Waals surface area contributed by atoms with E-state index in [-0.39, 0.29) is 5.63 Å². The molecule has 0 spiro atoms. The molecule has 130 valence electrons. The third-order valence-corrected chi connectivity index (χ3v) is 6.03. The molecular weight excluding hydrogens is 348 g/mol. The van der Waals surface area contributed by atoms with Crippen LogP contribution in [-0.2, 0) is 12.8 Å². The van der Waals surface area contributed by atoms with Gasteiger partial charge < -0.3 is 9.15 Å². The zero-order chi connectivity index (χ0) is 17.7. The highest BCUT2D eigenvalue weighted by molar-refractivity contribution is 7.18. The average molecular weight is 364 g/mol. The quantitative estimate of drug-likeness (QED) is 0.482. The summed E-state index contributed by atoms with van der Waals surface area (Å²) >= 11 is 1.74. The van der Waals surface area contributed by atoms with Crippen molar-refractivity contribution in [2.45, 2.75) is 26.2 Å². The minimum Gasteiger partial charge on any atom is -0.438 e. The van der Waals surface area contributed by atoms with E-state index in [1.54, 1.807) is 29.8 Å². The Morgan fingerprint density at radius 3 is 3.04 bits per heavy atom. The predicted molar refractivity (Wildman–Crippen MR) is 101 cm³/mol. The van der Waals surface area contributed by atoms with E-state index in [9.17, 15) is 4.79 Å². The van der Waals surface area contributed by atoms with Gasteiger partial charge >= 0.3 is 5.63 Å². The number of hydrogen-bond acceptors (Lipinski definition) is 6. The van der Waals surface area contributed by atoms with Crippen molar-refractivity contribution >= 4 is 32.5 Å². The Morgan fingerprint density at radius 1 is 1.23 bits per heavy atom. The first-order chi connectivity index (χ1) is 12.7. The van der Waals surface area contributed by atoms with Crippen molar-refractivity contribution in [1.82, 2.24) is 9.97 Å². The molecule has 0 unspecified atom stereocenters. The van der Waals surface area contributed by atoms with Gasteiger partial charge in [0.05, 0.1) is 5.39 Å². The second-order valence-electron chi connectivity index (χ2n) is 6.77. The minimum atomic E-state index is -0.375. The van der Waals surface area contributed by atoms with Crippen molar-refractivity contribution in [3.8, 4) is 11.6 Å². The molecule has 26 heavy (non-hydrogen) atoms. The number of aryl methyl sites for hydroxylation is 1. The Hall–Kier alpha value is -2.73. The number of ether oxygens (including phenoxy) is 1. The standard InChI is InChI=1S/C20H16N2O3S/c1-11-2-6-14-16(8-11)26-20-18(14)19(21-10-22-20)24-13-5-3-12-4-7-17(23)25-15(12)9-13/h3-5,7,9-11H,2,6,8H2,1H3/t11-/m1/s1. The number of nitrogens with zero attached hydrogens (tertiary/aromatic N) is 2. The monoisotopic (exact) mass is 364 g/mol. The molecule has 5 rings (SSSR count). The van der Waals surface area contributed by atoms with Crippen molar-refractivity contribution in [3.63, 3.8) is 0 Å². The predicted octanol–water partition coefficient (Wildman–Crippen LogP) is 4.71. The fraction of sp³-hybridized carbons (Fsp3) is 0.250. The highest BCUT2D eigenvalue weighted by atomic mass is 32.1. The van der Waals surface area contributed by atoms with Gasteiger partial charge in [-0.25, -0.2) is 14.8 Å². The number of benzene rings is 1. The van der Waals surface area contributed by atoms with Gasteiger partial charge in [0.25, 0.3) is 0 Å². The molecule has 3 heterocycles. The molecule has 1 atom stereocenters. The Balaban J connectivity index is 1.60. The molecule has 1 aromatic carbocycles. The van der Waals surface area contributed by atoms with Gasteiger partial charge in [-0.3, -0.25) is 0 Å². The summed E-state index contributed by atoms with van der Waals surface area (Å²) in [6, 6.07) is 8.61. The lowest BCUT2D eigenvalue weighted by Gasteiger charge is -2.18. The van der Waals surface area contributed by atoms with Gasteiger partial charge in [0.2, 0.25) is 5.88 Å². The van der Waals surface area contributed by atoms with E-state index in [1.807, 2.05) is 12.1 Å². The van der Waals surface area contributed by atoms with Crippen molar-refractivity contribution in [1.29, 1.82) is 0 Å². The molecular formula is C20H16N2O3S. The van der Waals surface area contributed by atoms with E-state index in [0.29, 0.717) is 23.1 Å². The Morgan fingerprint density at radius 2 is 2.12 bits per heavy atom. The van der Waals surface area contributed by atoms with Crippen LogP contribution in [0.1, 0.15) is 23.8 Å². The van der Waals surface area contributed by atoms with Crippen molar-refractivity contribution in [2.24, 2.45) is 5.92 Å². The number of aromatic nitrogens is 2. The Bertz CT molecular complexity index is 1190. The molecule has 0 radical (unpaired) electrons. The summed E-state index contributed by atoms with van der Waals surface area (Å²) in [6.45, 7) is 2.29. The summed E-state index contributed by atoms with van der Waals surface area (Å²) in [7, 11) is 0. The van der Waals surface area contributed by atoms with E-state index in [1.165, 1.54) is 22.9 Å². The van der Waals surface area contributed by atoms with Gasteiger partial charge in [0.15, 0.2) is 0 Å². The van der Waals surface area contributed by atoms with Gasteiger partial charge in [0.1, 0.15) is 22.5 Å². The van der Waals surface area contributed by atoms with Gasteiger partial charge in [-0.1, -0.05) is 6.92 Å². The molecule has 0 aliphatic heterocycles. The van der Waals surface area contributed by atoms with E-state index in [2.05, 4.69) is 16.9 Å². The molecule has 0 amide bonds. The summed E-state index contributed by atoms with van der Waals surface area (Å²) < 4.78 is 11.3. The first-order valence-electron chi connectivity index (χ1n) is 8.64. The summed E-state index contributed by atoms with van der Waals surface area (Å²) in [5.74, 6) is 1.87. The molecule has 1 aliphatic carbocycles. The lowest BCUT2D eigenvalue weighted by atomic mass is 9.89. The third-order valence-electron chi connectivity index (χ3n) is 4.87. The van der Waals surface area contributed by atoms with Gasteiger partial charge in [-0.2, -0.15) is 0 Å². The summed E-state index contributed by atoms with van der Waals surface area (Å²) in [4.78, 5) is 22.6. The maximum absolute atomic E-state index is 11.5. The van der Waals surface area contributed by atoms with Crippen LogP contribution in [0.3, 0.4) is 0 Å². The van der Waals surface area contributed by atoms with Crippen molar-refractivity contribution in [3.05, 3.63) is 57.5 Å². The van der Waals surface area contributed by atoms with Crippen LogP contribution < -0.4 is 10.4 Å². The van der Waals surface area contributed by atoms with Gasteiger partial charge in [0, 0.05) is 22.4 Å². The molecule has 5 nitrogen and oxygen atoms in total. The van der Waals surface area contributed by atoms with E-state index >= 15 is 0 Å². The normalized spacial score (nSPS) is 16.7. The van der Waals surface area contributed by atoms with Gasteiger partial charge in [-0.05, 0) is 48.9 Å². The second kappa shape index (κ2) is 5.92. The summed E-state index contributed by atoms with van der Waals surface area (Å²) in [5.41, 5.74) is 1.45. The fourth-order valence-electron chi connectivity index (χ4n) is 3.54. The molecule has 3 aromatic heterocycles. The second-order valence-corrected chi connectivity index (χ2v) is 7.85. The van der Waals surface area contributed by atoms with E-state index in [0.717, 1.165) is 28.4 Å². The highest BCUT2D eigenvalue weighted by Crippen LogP contribution is 2.41. The third kappa shape index (κ3) is 2.57. The summed E-state index contributed by atoms with van der Waals surface area (Å²) in [5, 5.41) is 1.88. The zero-order valence-electron chi connectivity index (χ0n) is 14.2. The van der Waals surface area contributed by atoms with Crippen LogP contribution in [0, 0.1) is 5.92 Å². The van der Waals surface area contributed by atoms with E-state index < -0.39 is 0 Å². The topological polar surface area (TPSA) is 65.2 Å².